The molecular weight excluding hydrogens is 287 g/mol. The Morgan fingerprint density at radius 2 is 1.80 bits per heavy atom. The topological polar surface area (TPSA) is 66.4 Å². The molecule has 0 spiro atoms. The van der Waals surface area contributed by atoms with E-state index in [0.717, 1.165) is 18.2 Å². The molecule has 0 atom stereocenters. The normalized spacial score (nSPS) is 11.1. The molecule has 0 saturated heterocycles. The Balaban J connectivity index is 0.00000200. The SMILES string of the molecule is CCCCOc1ccc2ccc(S(=O)(=O)[O-])cc2c1.[Na+]. The second kappa shape index (κ2) is 7.43. The number of rotatable bonds is 5. The standard InChI is InChI=1S/C14H16O4S.Na/c1-2-3-8-18-13-6-4-11-5-7-14(19(15,16)17)10-12(11)9-13;/h4-7,9-10H,2-3,8H2,1H3,(H,15,16,17);/q;+1/p-1. The number of ether oxygens (including phenoxy) is 1. The number of benzene rings is 2. The van der Waals surface area contributed by atoms with Crippen LogP contribution in [0.3, 0.4) is 0 Å². The Bertz CT molecular complexity index is 683. The van der Waals surface area contributed by atoms with E-state index < -0.39 is 10.1 Å². The van der Waals surface area contributed by atoms with E-state index in [-0.39, 0.29) is 34.5 Å². The van der Waals surface area contributed by atoms with Gasteiger partial charge in [-0.3, -0.25) is 0 Å². The molecule has 20 heavy (non-hydrogen) atoms. The van der Waals surface area contributed by atoms with E-state index in [1.807, 2.05) is 12.1 Å². The molecule has 4 nitrogen and oxygen atoms in total. The van der Waals surface area contributed by atoms with Gasteiger partial charge in [0.2, 0.25) is 0 Å². The van der Waals surface area contributed by atoms with Crippen molar-refractivity contribution in [2.24, 2.45) is 0 Å². The van der Waals surface area contributed by atoms with Crippen LogP contribution in [0.15, 0.2) is 41.3 Å². The zero-order valence-corrected chi connectivity index (χ0v) is 14.4. The number of hydrogen-bond donors (Lipinski definition) is 0. The summed E-state index contributed by atoms with van der Waals surface area (Å²) in [6, 6.07) is 9.75. The van der Waals surface area contributed by atoms with Crippen molar-refractivity contribution in [3.05, 3.63) is 36.4 Å². The van der Waals surface area contributed by atoms with Gasteiger partial charge in [0.15, 0.2) is 0 Å². The van der Waals surface area contributed by atoms with Gasteiger partial charge >= 0.3 is 29.6 Å². The van der Waals surface area contributed by atoms with Crippen LogP contribution >= 0.6 is 0 Å². The van der Waals surface area contributed by atoms with Gasteiger partial charge in [-0.25, -0.2) is 8.42 Å². The molecule has 0 fully saturated rings. The number of hydrogen-bond acceptors (Lipinski definition) is 4. The van der Waals surface area contributed by atoms with E-state index in [1.54, 1.807) is 12.1 Å². The van der Waals surface area contributed by atoms with E-state index >= 15 is 0 Å². The molecule has 0 unspecified atom stereocenters. The number of unbranched alkanes of at least 4 members (excludes halogenated alkanes) is 1. The van der Waals surface area contributed by atoms with Crippen molar-refractivity contribution < 1.29 is 47.3 Å². The van der Waals surface area contributed by atoms with Crippen molar-refractivity contribution in [3.8, 4) is 5.75 Å². The van der Waals surface area contributed by atoms with Crippen LogP contribution in [0.2, 0.25) is 0 Å². The first-order valence-electron chi connectivity index (χ1n) is 6.13. The molecule has 2 rings (SSSR count). The first-order valence-corrected chi connectivity index (χ1v) is 7.54. The minimum atomic E-state index is -4.42. The summed E-state index contributed by atoms with van der Waals surface area (Å²) in [5, 5.41) is 1.56. The maximum Gasteiger partial charge on any atom is 1.00 e. The molecule has 102 valence electrons. The second-order valence-corrected chi connectivity index (χ2v) is 5.71. The van der Waals surface area contributed by atoms with Gasteiger partial charge in [-0.2, -0.15) is 0 Å². The Labute approximate surface area is 141 Å². The fraction of sp³-hybridized carbons (Fsp3) is 0.286. The first kappa shape index (κ1) is 17.5. The Kier molecular flexibility index (Phi) is 6.48. The summed E-state index contributed by atoms with van der Waals surface area (Å²) in [6.45, 7) is 2.71. The van der Waals surface area contributed by atoms with Crippen LogP contribution in [-0.4, -0.2) is 19.6 Å². The predicted molar refractivity (Wildman–Crippen MR) is 72.3 cm³/mol. The van der Waals surface area contributed by atoms with Crippen LogP contribution < -0.4 is 34.3 Å². The largest absolute Gasteiger partial charge is 1.00 e. The van der Waals surface area contributed by atoms with E-state index in [0.29, 0.717) is 17.7 Å². The molecule has 0 aliphatic rings. The quantitative estimate of drug-likeness (QED) is 0.440. The summed E-state index contributed by atoms with van der Waals surface area (Å²) in [5.41, 5.74) is 0. The maximum absolute atomic E-state index is 11.0. The maximum atomic E-state index is 11.0. The molecule has 0 radical (unpaired) electrons. The van der Waals surface area contributed by atoms with Crippen LogP contribution in [0.5, 0.6) is 5.75 Å². The molecular formula is C14H15NaO4S. The molecule has 0 N–H and O–H groups in total. The van der Waals surface area contributed by atoms with Crippen LogP contribution in [0.25, 0.3) is 10.8 Å². The summed E-state index contributed by atoms with van der Waals surface area (Å²) in [5.74, 6) is 0.682. The Morgan fingerprint density at radius 1 is 1.10 bits per heavy atom. The minimum absolute atomic E-state index is 0. The molecule has 2 aromatic rings. The second-order valence-electron chi connectivity index (χ2n) is 4.33. The zero-order valence-electron chi connectivity index (χ0n) is 11.6. The summed E-state index contributed by atoms with van der Waals surface area (Å²) < 4.78 is 38.5. The van der Waals surface area contributed by atoms with Gasteiger partial charge in [-0.15, -0.1) is 0 Å². The van der Waals surface area contributed by atoms with Gasteiger partial charge in [0, 0.05) is 0 Å². The molecule has 0 amide bonds. The van der Waals surface area contributed by atoms with Crippen LogP contribution in [0.1, 0.15) is 19.8 Å². The molecule has 0 aliphatic heterocycles. The van der Waals surface area contributed by atoms with Crippen LogP contribution in [0.4, 0.5) is 0 Å². The smallest absolute Gasteiger partial charge is 0.744 e. The van der Waals surface area contributed by atoms with Crippen molar-refractivity contribution in [1.29, 1.82) is 0 Å². The summed E-state index contributed by atoms with van der Waals surface area (Å²) >= 11 is 0. The number of fused-ring (bicyclic) bond motifs is 1. The molecule has 6 heteroatoms. The van der Waals surface area contributed by atoms with E-state index in [1.165, 1.54) is 12.1 Å². The minimum Gasteiger partial charge on any atom is -0.744 e. The van der Waals surface area contributed by atoms with Crippen molar-refractivity contribution in [2.45, 2.75) is 24.7 Å². The third-order valence-electron chi connectivity index (χ3n) is 2.84. The zero-order chi connectivity index (χ0) is 13.9. The summed E-state index contributed by atoms with van der Waals surface area (Å²) in [7, 11) is -4.42. The molecule has 0 aromatic heterocycles. The molecule has 0 bridgehead atoms. The Morgan fingerprint density at radius 3 is 2.45 bits per heavy atom. The summed E-state index contributed by atoms with van der Waals surface area (Å²) in [4.78, 5) is -0.217. The monoisotopic (exact) mass is 302 g/mol. The first-order chi connectivity index (χ1) is 9.00. The third-order valence-corrected chi connectivity index (χ3v) is 3.67. The molecule has 0 saturated carbocycles. The van der Waals surface area contributed by atoms with Gasteiger partial charge in [-0.05, 0) is 41.5 Å². The third kappa shape index (κ3) is 4.46. The predicted octanol–water partition coefficient (Wildman–Crippen LogP) is -0.0732. The average Bonchev–Trinajstić information content (AvgIpc) is 2.37. The van der Waals surface area contributed by atoms with Crippen molar-refractivity contribution >= 4 is 20.9 Å². The molecule has 0 aliphatic carbocycles. The fourth-order valence-electron chi connectivity index (χ4n) is 1.78. The van der Waals surface area contributed by atoms with Crippen molar-refractivity contribution in [2.75, 3.05) is 6.61 Å². The van der Waals surface area contributed by atoms with E-state index in [2.05, 4.69) is 6.92 Å². The Hall–Kier alpha value is -0.590. The van der Waals surface area contributed by atoms with Gasteiger partial charge in [-0.1, -0.05) is 25.5 Å². The average molecular weight is 302 g/mol. The molecule has 0 heterocycles. The van der Waals surface area contributed by atoms with Gasteiger partial charge < -0.3 is 9.29 Å². The van der Waals surface area contributed by atoms with E-state index in [9.17, 15) is 13.0 Å². The van der Waals surface area contributed by atoms with E-state index in [4.69, 9.17) is 4.74 Å². The van der Waals surface area contributed by atoms with Crippen LogP contribution in [-0.2, 0) is 10.1 Å². The van der Waals surface area contributed by atoms with Gasteiger partial charge in [0.1, 0.15) is 15.9 Å². The molecule has 2 aromatic carbocycles. The van der Waals surface area contributed by atoms with Crippen molar-refractivity contribution in [3.63, 3.8) is 0 Å². The van der Waals surface area contributed by atoms with Gasteiger partial charge in [0.25, 0.3) is 0 Å². The summed E-state index contributed by atoms with van der Waals surface area (Å²) in [6.07, 6.45) is 2.01. The van der Waals surface area contributed by atoms with Crippen LogP contribution in [0, 0.1) is 0 Å². The fourth-order valence-corrected chi connectivity index (χ4v) is 2.29. The van der Waals surface area contributed by atoms with Gasteiger partial charge in [0.05, 0.1) is 11.5 Å². The van der Waals surface area contributed by atoms with Crippen molar-refractivity contribution in [1.82, 2.24) is 0 Å².